The lowest BCUT2D eigenvalue weighted by atomic mass is 9.84. The highest BCUT2D eigenvalue weighted by Crippen LogP contribution is 2.44. The molecule has 0 aromatic heterocycles. The van der Waals surface area contributed by atoms with Crippen molar-refractivity contribution in [1.82, 2.24) is 5.32 Å². The van der Waals surface area contributed by atoms with Gasteiger partial charge in [-0.3, -0.25) is 4.79 Å². The van der Waals surface area contributed by atoms with Crippen LogP contribution in [0.25, 0.3) is 4.85 Å². The molecule has 0 radical (unpaired) electrons. The molecule has 7 heteroatoms. The molecule has 1 atom stereocenters. The van der Waals surface area contributed by atoms with Gasteiger partial charge in [0.25, 0.3) is 5.91 Å². The van der Waals surface area contributed by atoms with Crippen molar-refractivity contribution in [2.75, 3.05) is 25.3 Å². The van der Waals surface area contributed by atoms with Crippen LogP contribution in [-0.2, 0) is 4.79 Å². The Balaban J connectivity index is 2.13. The maximum Gasteiger partial charge on any atom is 0.253 e. The average molecular weight is 436 g/mol. The van der Waals surface area contributed by atoms with Gasteiger partial charge in [-0.15, -0.1) is 11.8 Å². The highest BCUT2D eigenvalue weighted by atomic mass is 32.2. The summed E-state index contributed by atoms with van der Waals surface area (Å²) in [6.45, 7) is 11.8. The molecule has 0 saturated carbocycles. The molecule has 31 heavy (non-hydrogen) atoms. The second kappa shape index (κ2) is 10.1. The molecule has 1 unspecified atom stereocenters. The van der Waals surface area contributed by atoms with Gasteiger partial charge in [-0.25, -0.2) is 4.85 Å². The normalized spacial score (nSPS) is 15.8. The first-order chi connectivity index (χ1) is 15.0. The molecule has 0 aliphatic carbocycles. The van der Waals surface area contributed by atoms with Crippen molar-refractivity contribution in [2.45, 2.75) is 19.8 Å². The molecular formula is C24H25N3O3S. The highest BCUT2D eigenvalue weighted by Gasteiger charge is 2.36. The number of thioether (sulfide) groups is 1. The van der Waals surface area contributed by atoms with E-state index in [0.29, 0.717) is 34.2 Å². The Hall–Kier alpha value is -3.37. The van der Waals surface area contributed by atoms with Gasteiger partial charge in [0, 0.05) is 11.3 Å². The summed E-state index contributed by atoms with van der Waals surface area (Å²) in [6, 6.07) is 14.7. The zero-order valence-corrected chi connectivity index (χ0v) is 18.8. The van der Waals surface area contributed by atoms with Crippen LogP contribution in [0, 0.1) is 6.57 Å². The number of rotatable bonds is 7. The smallest absolute Gasteiger partial charge is 0.253 e. The lowest BCUT2D eigenvalue weighted by molar-refractivity contribution is -0.113. The number of dihydropyridines is 1. The second-order valence-corrected chi connectivity index (χ2v) is 8.03. The van der Waals surface area contributed by atoms with E-state index in [0.717, 1.165) is 16.3 Å². The van der Waals surface area contributed by atoms with Crippen molar-refractivity contribution in [3.63, 3.8) is 0 Å². The van der Waals surface area contributed by atoms with Gasteiger partial charge >= 0.3 is 0 Å². The molecule has 3 rings (SSSR count). The molecule has 160 valence electrons. The van der Waals surface area contributed by atoms with Crippen LogP contribution in [0.2, 0.25) is 0 Å². The first kappa shape index (κ1) is 22.3. The van der Waals surface area contributed by atoms with E-state index in [1.807, 2.05) is 50.2 Å². The summed E-state index contributed by atoms with van der Waals surface area (Å²) in [4.78, 5) is 17.4. The van der Waals surface area contributed by atoms with Crippen LogP contribution in [0.15, 0.2) is 70.5 Å². The number of carbonyl (C=O) groups is 1. The van der Waals surface area contributed by atoms with Crippen LogP contribution >= 0.6 is 11.8 Å². The number of nitrogens with zero attached hydrogens (tertiary/aromatic N) is 1. The first-order valence-corrected chi connectivity index (χ1v) is 10.8. The number of benzene rings is 2. The highest BCUT2D eigenvalue weighted by molar-refractivity contribution is 8.03. The predicted molar refractivity (Wildman–Crippen MR) is 125 cm³/mol. The number of para-hydroxylation sites is 3. The van der Waals surface area contributed by atoms with Gasteiger partial charge in [-0.1, -0.05) is 37.3 Å². The van der Waals surface area contributed by atoms with Crippen LogP contribution in [0.1, 0.15) is 25.3 Å². The van der Waals surface area contributed by atoms with Crippen LogP contribution in [0.5, 0.6) is 11.5 Å². The molecule has 2 N–H and O–H groups in total. The summed E-state index contributed by atoms with van der Waals surface area (Å²) in [5.41, 5.74) is 2.99. The molecule has 2 aromatic rings. The Morgan fingerprint density at radius 1 is 1.13 bits per heavy atom. The summed E-state index contributed by atoms with van der Waals surface area (Å²) in [7, 11) is 3.15. The second-order valence-electron chi connectivity index (χ2n) is 6.75. The number of hydrogen-bond donors (Lipinski definition) is 2. The third-order valence-electron chi connectivity index (χ3n) is 4.96. The van der Waals surface area contributed by atoms with E-state index in [9.17, 15) is 4.79 Å². The fraction of sp³-hybridized carbons (Fsp3) is 0.250. The van der Waals surface area contributed by atoms with Crippen molar-refractivity contribution in [3.8, 4) is 11.5 Å². The van der Waals surface area contributed by atoms with Crippen molar-refractivity contribution in [1.29, 1.82) is 0 Å². The van der Waals surface area contributed by atoms with Gasteiger partial charge < -0.3 is 20.1 Å². The van der Waals surface area contributed by atoms with Crippen molar-refractivity contribution >= 4 is 23.4 Å². The Kier molecular flexibility index (Phi) is 7.27. The average Bonchev–Trinajstić information content (AvgIpc) is 2.79. The molecule has 1 aliphatic rings. The molecule has 0 bridgehead atoms. The minimum atomic E-state index is -0.557. The van der Waals surface area contributed by atoms with E-state index >= 15 is 0 Å². The minimum absolute atomic E-state index is 0.299. The van der Waals surface area contributed by atoms with E-state index in [1.54, 1.807) is 38.1 Å². The maximum absolute atomic E-state index is 13.5. The first-order valence-electron chi connectivity index (χ1n) is 9.85. The Bertz CT molecular complexity index is 1090. The maximum atomic E-state index is 13.5. The van der Waals surface area contributed by atoms with E-state index in [2.05, 4.69) is 15.5 Å². The Morgan fingerprint density at radius 3 is 2.42 bits per heavy atom. The summed E-state index contributed by atoms with van der Waals surface area (Å²) < 4.78 is 10.9. The fourth-order valence-corrected chi connectivity index (χ4v) is 4.43. The molecule has 0 spiro atoms. The lowest BCUT2D eigenvalue weighted by Gasteiger charge is -2.30. The zero-order chi connectivity index (χ0) is 22.4. The van der Waals surface area contributed by atoms with E-state index in [-0.39, 0.29) is 5.91 Å². The molecule has 6 nitrogen and oxygen atoms in total. The van der Waals surface area contributed by atoms with Crippen LogP contribution in [-0.4, -0.2) is 25.9 Å². The number of amides is 1. The number of anilines is 1. The number of carbonyl (C=O) groups excluding carboxylic acids is 1. The van der Waals surface area contributed by atoms with E-state index in [1.165, 1.54) is 0 Å². The molecule has 1 heterocycles. The summed E-state index contributed by atoms with van der Waals surface area (Å²) in [6.07, 6.45) is 0. The van der Waals surface area contributed by atoms with Gasteiger partial charge in [0.15, 0.2) is 0 Å². The van der Waals surface area contributed by atoms with E-state index in [4.69, 9.17) is 16.0 Å². The fourth-order valence-electron chi connectivity index (χ4n) is 3.60. The topological polar surface area (TPSA) is 64.0 Å². The largest absolute Gasteiger partial charge is 0.496 e. The van der Waals surface area contributed by atoms with Gasteiger partial charge in [0.2, 0.25) is 5.70 Å². The number of nitrogens with one attached hydrogen (secondary N) is 2. The number of methoxy groups -OCH3 is 2. The Morgan fingerprint density at radius 2 is 1.77 bits per heavy atom. The Labute approximate surface area is 187 Å². The van der Waals surface area contributed by atoms with Crippen molar-refractivity contribution in [2.24, 2.45) is 0 Å². The number of ether oxygens (including phenoxy) is 2. The number of hydrogen-bond acceptors (Lipinski definition) is 5. The third kappa shape index (κ3) is 4.54. The molecule has 0 fully saturated rings. The molecule has 1 amide bonds. The minimum Gasteiger partial charge on any atom is -0.496 e. The number of allylic oxidation sites excluding steroid dienone is 2. The van der Waals surface area contributed by atoms with Crippen LogP contribution < -0.4 is 20.1 Å². The third-order valence-corrected chi connectivity index (χ3v) is 5.85. The molecular weight excluding hydrogens is 410 g/mol. The summed E-state index contributed by atoms with van der Waals surface area (Å²) in [5.74, 6) is 1.14. The van der Waals surface area contributed by atoms with Gasteiger partial charge in [0.05, 0.1) is 37.4 Å². The monoisotopic (exact) mass is 435 g/mol. The predicted octanol–water partition coefficient (Wildman–Crippen LogP) is 5.14. The van der Waals surface area contributed by atoms with Crippen molar-refractivity contribution < 1.29 is 14.3 Å². The lowest BCUT2D eigenvalue weighted by Crippen LogP contribution is -2.30. The van der Waals surface area contributed by atoms with Gasteiger partial charge in [-0.05, 0) is 36.4 Å². The standard InChI is InChI=1S/C24H25N3O3S/c1-6-31-24-22(25-3)21(16-11-7-9-13-18(16)29-4)20(15(2)26-24)23(28)27-17-12-8-10-14-19(17)30-5/h7-14,21,26H,6H2,1-2,4-5H3,(H,27,28). The SMILES string of the molecule is [C-]#[N+]C1=C(SCC)NC(C)=C(C(=O)Nc2ccccc2OC)C1c1ccccc1OC. The zero-order valence-electron chi connectivity index (χ0n) is 18.0. The van der Waals surface area contributed by atoms with Gasteiger partial charge in [-0.2, -0.15) is 0 Å². The van der Waals surface area contributed by atoms with Crippen LogP contribution in [0.4, 0.5) is 5.69 Å². The molecule has 0 saturated heterocycles. The van der Waals surface area contributed by atoms with Gasteiger partial charge in [0.1, 0.15) is 11.5 Å². The van der Waals surface area contributed by atoms with E-state index < -0.39 is 5.92 Å². The summed E-state index contributed by atoms with van der Waals surface area (Å²) in [5, 5.41) is 7.00. The van der Waals surface area contributed by atoms with Crippen molar-refractivity contribution in [3.05, 3.63) is 87.5 Å². The van der Waals surface area contributed by atoms with Crippen LogP contribution in [0.3, 0.4) is 0 Å². The summed E-state index contributed by atoms with van der Waals surface area (Å²) >= 11 is 1.55. The molecule has 2 aromatic carbocycles. The quantitative estimate of drug-likeness (QED) is 0.589. The molecule has 1 aliphatic heterocycles.